The topological polar surface area (TPSA) is 174 Å². The van der Waals surface area contributed by atoms with Crippen LogP contribution in [0.3, 0.4) is 0 Å². The van der Waals surface area contributed by atoms with Crippen LogP contribution in [0.1, 0.15) is 47.8 Å². The number of carbonyl (C=O) groups excluding carboxylic acids is 3. The Balaban J connectivity index is 0.000000168. The molecule has 0 radical (unpaired) electrons. The van der Waals surface area contributed by atoms with E-state index in [-0.39, 0.29) is 34.3 Å². The molecule has 6 aromatic carbocycles. The summed E-state index contributed by atoms with van der Waals surface area (Å²) in [7, 11) is 5.01. The number of nitrogens with one attached hydrogen (secondary N) is 3. The van der Waals surface area contributed by atoms with Gasteiger partial charge in [-0.15, -0.1) is 0 Å². The highest BCUT2D eigenvalue weighted by Crippen LogP contribution is 2.33. The Bertz CT molecular complexity index is 3370. The van der Waals surface area contributed by atoms with E-state index in [2.05, 4.69) is 45.9 Å². The highest BCUT2D eigenvalue weighted by molar-refractivity contribution is 6.06. The molecular formula is C57H49F5N12O3. The molecule has 0 aliphatic heterocycles. The van der Waals surface area contributed by atoms with E-state index in [1.165, 1.54) is 71.8 Å². The van der Waals surface area contributed by atoms with E-state index in [9.17, 15) is 36.3 Å². The van der Waals surface area contributed by atoms with Crippen molar-refractivity contribution in [3.05, 3.63) is 234 Å². The number of anilines is 9. The number of hydrogen-bond acceptors (Lipinski definition) is 12. The molecule has 0 aliphatic carbocycles. The predicted molar refractivity (Wildman–Crippen MR) is 287 cm³/mol. The smallest absolute Gasteiger partial charge is 0.255 e. The molecule has 0 fully saturated rings. The van der Waals surface area contributed by atoms with Crippen LogP contribution in [0.4, 0.5) is 73.1 Å². The fourth-order valence-electron chi connectivity index (χ4n) is 7.36. The summed E-state index contributed by atoms with van der Waals surface area (Å²) in [6, 6.07) is 29.4. The first-order valence-electron chi connectivity index (χ1n) is 23.3. The maximum Gasteiger partial charge on any atom is 0.255 e. The normalized spacial score (nSPS) is 10.4. The number of carbonyl (C=O) groups is 3. The summed E-state index contributed by atoms with van der Waals surface area (Å²) in [6.07, 6.45) is 13.5. The summed E-state index contributed by atoms with van der Waals surface area (Å²) in [5.41, 5.74) is 6.59. The molecule has 0 bridgehead atoms. The molecule has 15 nitrogen and oxygen atoms in total. The average Bonchev–Trinajstić information content (AvgIpc) is 3.43. The fourth-order valence-corrected chi connectivity index (χ4v) is 7.36. The maximum absolute atomic E-state index is 14.2. The number of aryl methyl sites for hydroxylation is 3. The molecule has 77 heavy (non-hydrogen) atoms. The Hall–Kier alpha value is -9.98. The summed E-state index contributed by atoms with van der Waals surface area (Å²) in [4.78, 5) is 65.3. The van der Waals surface area contributed by atoms with Crippen LogP contribution in [-0.2, 0) is 0 Å². The van der Waals surface area contributed by atoms with E-state index in [0.29, 0.717) is 33.8 Å². The van der Waals surface area contributed by atoms with Gasteiger partial charge in [0, 0.05) is 55.7 Å². The van der Waals surface area contributed by atoms with Gasteiger partial charge < -0.3 is 30.7 Å². The van der Waals surface area contributed by atoms with Gasteiger partial charge in [0.15, 0.2) is 0 Å². The first-order chi connectivity index (χ1) is 36.9. The predicted octanol–water partition coefficient (Wildman–Crippen LogP) is 12.1. The number of halogens is 5. The monoisotopic (exact) mass is 1040 g/mol. The number of hydrogen-bond donors (Lipinski definition) is 3. The minimum Gasteiger partial charge on any atom is -0.342 e. The van der Waals surface area contributed by atoms with Crippen molar-refractivity contribution in [2.75, 3.05) is 51.8 Å². The SMILES string of the molecule is Cc1cccc(C(=O)Nc2cc(N(C)c3cncnc3)c(F)cc2F)c1.Cc1cccc(C(=O)Nc2cc(N(C)c3cncnc3)c(F)cc2F)c1.Cc1cccc(C(=O)Nc2cc(N(C)c3cncnc3)ccc2F)c1. The second kappa shape index (κ2) is 25.3. The number of aromatic nitrogens is 6. The Morgan fingerprint density at radius 2 is 0.688 bits per heavy atom. The van der Waals surface area contributed by atoms with Crippen LogP contribution < -0.4 is 30.7 Å². The minimum absolute atomic E-state index is 0.0840. The molecular weight excluding hydrogens is 996 g/mol. The van der Waals surface area contributed by atoms with Crippen molar-refractivity contribution in [2.45, 2.75) is 20.8 Å². The second-order valence-corrected chi connectivity index (χ2v) is 17.2. The van der Waals surface area contributed by atoms with Crippen molar-refractivity contribution in [3.63, 3.8) is 0 Å². The van der Waals surface area contributed by atoms with Gasteiger partial charge in [-0.1, -0.05) is 53.1 Å². The first kappa shape index (κ1) is 54.8. The zero-order chi connectivity index (χ0) is 55.2. The van der Waals surface area contributed by atoms with Crippen molar-refractivity contribution in [1.82, 2.24) is 29.9 Å². The first-order valence-corrected chi connectivity index (χ1v) is 23.3. The van der Waals surface area contributed by atoms with Crippen LogP contribution in [0.5, 0.6) is 0 Å². The van der Waals surface area contributed by atoms with E-state index in [1.807, 2.05) is 50.9 Å². The van der Waals surface area contributed by atoms with Gasteiger partial charge in [-0.05, 0) is 87.5 Å². The van der Waals surface area contributed by atoms with Crippen molar-refractivity contribution in [3.8, 4) is 0 Å². The third-order valence-electron chi connectivity index (χ3n) is 11.5. The third-order valence-corrected chi connectivity index (χ3v) is 11.5. The molecule has 9 rings (SSSR count). The molecule has 3 heterocycles. The highest BCUT2D eigenvalue weighted by Gasteiger charge is 2.20. The highest BCUT2D eigenvalue weighted by atomic mass is 19.1. The molecule has 3 aromatic heterocycles. The quantitative estimate of drug-likeness (QED) is 0.0990. The van der Waals surface area contributed by atoms with Crippen molar-refractivity contribution in [2.24, 2.45) is 0 Å². The van der Waals surface area contributed by atoms with Gasteiger partial charge in [0.05, 0.1) is 82.7 Å². The van der Waals surface area contributed by atoms with Crippen LogP contribution in [-0.4, -0.2) is 68.8 Å². The molecule has 0 unspecified atom stereocenters. The molecule has 0 saturated heterocycles. The maximum atomic E-state index is 14.2. The lowest BCUT2D eigenvalue weighted by Crippen LogP contribution is -2.16. The largest absolute Gasteiger partial charge is 0.342 e. The molecule has 3 amide bonds. The molecule has 0 aliphatic rings. The third kappa shape index (κ3) is 14.4. The fraction of sp³-hybridized carbons (Fsp3) is 0.105. The summed E-state index contributed by atoms with van der Waals surface area (Å²) in [6.45, 7) is 5.60. The Kier molecular flexibility index (Phi) is 18.0. The molecule has 9 aromatic rings. The van der Waals surface area contributed by atoms with E-state index >= 15 is 0 Å². The van der Waals surface area contributed by atoms with Gasteiger partial charge in [0.2, 0.25) is 0 Å². The molecule has 0 spiro atoms. The van der Waals surface area contributed by atoms with Crippen LogP contribution in [0.15, 0.2) is 171 Å². The molecule has 20 heteroatoms. The number of nitrogens with zero attached hydrogens (tertiary/aromatic N) is 9. The van der Waals surface area contributed by atoms with Crippen molar-refractivity contribution >= 4 is 68.9 Å². The van der Waals surface area contributed by atoms with Crippen LogP contribution in [0, 0.1) is 49.9 Å². The lowest BCUT2D eigenvalue weighted by atomic mass is 10.1. The summed E-state index contributed by atoms with van der Waals surface area (Å²) in [5, 5.41) is 7.61. The van der Waals surface area contributed by atoms with Crippen molar-refractivity contribution < 1.29 is 36.3 Å². The van der Waals surface area contributed by atoms with Crippen molar-refractivity contribution in [1.29, 1.82) is 0 Å². The van der Waals surface area contributed by atoms with E-state index in [4.69, 9.17) is 0 Å². The molecule has 3 N–H and O–H groups in total. The number of amides is 3. The minimum atomic E-state index is -0.857. The van der Waals surface area contributed by atoms with Crippen LogP contribution in [0.25, 0.3) is 0 Å². The van der Waals surface area contributed by atoms with Gasteiger partial charge in [0.25, 0.3) is 17.7 Å². The standard InChI is InChI=1S/2C19H16F2N4O.C19H17FN4O/c2*1-12-4-3-5-13(6-12)19(26)24-17-8-18(16(21)7-15(17)20)25(2)14-9-22-11-23-10-14;1-13-4-3-5-14(8-13)19(25)23-18-9-15(6-7-17(18)20)24(2)16-10-21-12-22-11-16/h2*3-11H,1-2H3,(H,24,26);3-12H,1-2H3,(H,23,25). The number of rotatable bonds is 12. The molecule has 390 valence electrons. The molecule has 0 saturated carbocycles. The molecule has 0 atom stereocenters. The zero-order valence-corrected chi connectivity index (χ0v) is 42.3. The van der Waals surface area contributed by atoms with E-state index in [0.717, 1.165) is 34.5 Å². The lowest BCUT2D eigenvalue weighted by molar-refractivity contribution is 0.101. The Morgan fingerprint density at radius 1 is 0.364 bits per heavy atom. The lowest BCUT2D eigenvalue weighted by Gasteiger charge is -2.20. The summed E-state index contributed by atoms with van der Waals surface area (Å²) >= 11 is 0. The van der Waals surface area contributed by atoms with E-state index < -0.39 is 40.9 Å². The average molecular weight is 1050 g/mol. The van der Waals surface area contributed by atoms with Crippen LogP contribution in [0.2, 0.25) is 0 Å². The van der Waals surface area contributed by atoms with Gasteiger partial charge in [-0.2, -0.15) is 0 Å². The Morgan fingerprint density at radius 3 is 1.03 bits per heavy atom. The van der Waals surface area contributed by atoms with Crippen LogP contribution >= 0.6 is 0 Å². The van der Waals surface area contributed by atoms with Gasteiger partial charge >= 0.3 is 0 Å². The number of benzene rings is 6. The second-order valence-electron chi connectivity index (χ2n) is 17.2. The van der Waals surface area contributed by atoms with Gasteiger partial charge in [-0.3, -0.25) is 14.4 Å². The summed E-state index contributed by atoms with van der Waals surface area (Å²) < 4.78 is 70.9. The Labute approximate surface area is 440 Å². The zero-order valence-electron chi connectivity index (χ0n) is 42.3. The van der Waals surface area contributed by atoms with Gasteiger partial charge in [0.1, 0.15) is 48.1 Å². The van der Waals surface area contributed by atoms with Gasteiger partial charge in [-0.25, -0.2) is 51.9 Å². The van der Waals surface area contributed by atoms with E-state index in [1.54, 1.807) is 93.2 Å². The summed E-state index contributed by atoms with van der Waals surface area (Å²) in [5.74, 6) is -5.04.